The monoisotopic (exact) mass is 215 g/mol. The van der Waals surface area contributed by atoms with Crippen molar-refractivity contribution >= 4 is 10.1 Å². The van der Waals surface area contributed by atoms with Crippen LogP contribution in [0.4, 0.5) is 0 Å². The van der Waals surface area contributed by atoms with Gasteiger partial charge in [0.25, 0.3) is 10.1 Å². The maximum absolute atomic E-state index is 11.3. The Morgan fingerprint density at radius 1 is 1.57 bits per heavy atom. The molecule has 0 radical (unpaired) electrons. The number of hydrogen-bond donors (Lipinski definition) is 1. The summed E-state index contributed by atoms with van der Waals surface area (Å²) in [7, 11) is -3.77. The van der Waals surface area contributed by atoms with Crippen molar-refractivity contribution in [1.82, 2.24) is 0 Å². The second-order valence-corrected chi connectivity index (χ2v) is 4.77. The summed E-state index contributed by atoms with van der Waals surface area (Å²) in [5.74, 6) is 3.83. The van der Waals surface area contributed by atoms with E-state index in [0.717, 1.165) is 0 Å². The van der Waals surface area contributed by atoms with E-state index in [0.29, 0.717) is 0 Å². The van der Waals surface area contributed by atoms with E-state index < -0.39 is 27.5 Å². The van der Waals surface area contributed by atoms with Crippen LogP contribution < -0.4 is 5.73 Å². The van der Waals surface area contributed by atoms with Crippen molar-refractivity contribution in [3.8, 4) is 24.7 Å². The molecule has 0 aliphatic rings. The molecule has 0 fully saturated rings. The molecule has 2 unspecified atom stereocenters. The second kappa shape index (κ2) is 4.47. The number of rotatable bonds is 4. The van der Waals surface area contributed by atoms with E-state index in [9.17, 15) is 8.42 Å². The predicted molar refractivity (Wildman–Crippen MR) is 54.6 cm³/mol. The average Bonchev–Trinajstić information content (AvgIpc) is 2.01. The molecule has 0 saturated heterocycles. The summed E-state index contributed by atoms with van der Waals surface area (Å²) in [4.78, 5) is 0. The Morgan fingerprint density at radius 3 is 2.43 bits per heavy atom. The first kappa shape index (κ1) is 13.0. The van der Waals surface area contributed by atoms with Crippen LogP contribution in [0.2, 0.25) is 0 Å². The Morgan fingerprint density at radius 2 is 2.07 bits per heavy atom. The lowest BCUT2D eigenvalue weighted by molar-refractivity contribution is 0.281. The summed E-state index contributed by atoms with van der Waals surface area (Å²) < 4.78 is 27.1. The molecule has 2 N–H and O–H groups in total. The molecular weight excluding hydrogens is 202 g/mol. The normalized spacial score (nSPS) is 17.5. The fourth-order valence-corrected chi connectivity index (χ4v) is 2.07. The molecule has 4 nitrogen and oxygen atoms in total. The summed E-state index contributed by atoms with van der Waals surface area (Å²) in [5.41, 5.74) is 4.23. The van der Waals surface area contributed by atoms with Crippen molar-refractivity contribution < 1.29 is 12.6 Å². The topological polar surface area (TPSA) is 69.4 Å². The molecule has 0 aromatic carbocycles. The van der Waals surface area contributed by atoms with E-state index in [4.69, 9.17) is 18.6 Å². The van der Waals surface area contributed by atoms with Gasteiger partial charge in [0.15, 0.2) is 0 Å². The zero-order valence-corrected chi connectivity index (χ0v) is 8.97. The highest BCUT2D eigenvalue weighted by atomic mass is 32.2. The van der Waals surface area contributed by atoms with Gasteiger partial charge in [-0.15, -0.1) is 12.8 Å². The van der Waals surface area contributed by atoms with Gasteiger partial charge in [-0.05, 0) is 13.8 Å². The minimum atomic E-state index is -3.77. The molecule has 0 bridgehead atoms. The van der Waals surface area contributed by atoms with E-state index in [1.54, 1.807) is 0 Å². The minimum Gasteiger partial charge on any atom is -0.314 e. The van der Waals surface area contributed by atoms with Gasteiger partial charge in [0.1, 0.15) is 11.9 Å². The molecule has 0 aromatic heterocycles. The first-order valence-corrected chi connectivity index (χ1v) is 5.44. The zero-order valence-electron chi connectivity index (χ0n) is 8.15. The van der Waals surface area contributed by atoms with Crippen LogP contribution in [-0.2, 0) is 14.3 Å². The lowest BCUT2D eigenvalue weighted by Gasteiger charge is -2.17. The third-order valence-electron chi connectivity index (χ3n) is 1.33. The van der Waals surface area contributed by atoms with Crippen LogP contribution in [0.5, 0.6) is 0 Å². The van der Waals surface area contributed by atoms with Crippen LogP contribution in [-0.4, -0.2) is 25.8 Å². The maximum Gasteiger partial charge on any atom is 0.271 e. The van der Waals surface area contributed by atoms with Crippen molar-refractivity contribution in [3.63, 3.8) is 0 Å². The third-order valence-corrected chi connectivity index (χ3v) is 2.87. The molecule has 14 heavy (non-hydrogen) atoms. The Labute approximate surface area is 84.9 Å². The Kier molecular flexibility index (Phi) is 4.15. The molecule has 0 aliphatic carbocycles. The van der Waals surface area contributed by atoms with Crippen molar-refractivity contribution in [3.05, 3.63) is 0 Å². The largest absolute Gasteiger partial charge is 0.314 e. The molecule has 5 heteroatoms. The smallest absolute Gasteiger partial charge is 0.271 e. The Hall–Kier alpha value is -1.01. The van der Waals surface area contributed by atoms with E-state index >= 15 is 0 Å². The van der Waals surface area contributed by atoms with Crippen molar-refractivity contribution in [2.45, 2.75) is 25.5 Å². The molecule has 0 spiro atoms. The molecule has 78 valence electrons. The van der Waals surface area contributed by atoms with E-state index in [1.165, 1.54) is 13.8 Å². The van der Waals surface area contributed by atoms with Gasteiger partial charge in [0.05, 0.1) is 5.54 Å². The van der Waals surface area contributed by atoms with Gasteiger partial charge < -0.3 is 5.73 Å². The standard InChI is InChI=1S/C9H13NO3S/c1-5-8(3)13-14(11,12)7-9(4,10)6-2/h1-2,8H,7,10H2,3-4H3. The summed E-state index contributed by atoms with van der Waals surface area (Å²) in [6.07, 6.45) is 9.19. The minimum absolute atomic E-state index is 0.456. The highest BCUT2D eigenvalue weighted by Crippen LogP contribution is 2.07. The highest BCUT2D eigenvalue weighted by molar-refractivity contribution is 7.86. The van der Waals surface area contributed by atoms with Crippen LogP contribution >= 0.6 is 0 Å². The van der Waals surface area contributed by atoms with E-state index in [1.807, 2.05) is 0 Å². The zero-order chi connectivity index (χ0) is 11.4. The van der Waals surface area contributed by atoms with Crippen LogP contribution in [0, 0.1) is 24.7 Å². The molecule has 0 saturated carbocycles. The number of hydrogen-bond acceptors (Lipinski definition) is 4. The number of nitrogens with two attached hydrogens (primary N) is 1. The first-order valence-electron chi connectivity index (χ1n) is 3.86. The first-order chi connectivity index (χ1) is 6.22. The van der Waals surface area contributed by atoms with Gasteiger partial charge >= 0.3 is 0 Å². The van der Waals surface area contributed by atoms with Crippen LogP contribution in [0.15, 0.2) is 0 Å². The third kappa shape index (κ3) is 4.88. The Balaban J connectivity index is 4.56. The van der Waals surface area contributed by atoms with Crippen LogP contribution in [0.1, 0.15) is 13.8 Å². The van der Waals surface area contributed by atoms with Gasteiger partial charge in [0.2, 0.25) is 0 Å². The molecule has 0 aliphatic heterocycles. The quantitative estimate of drug-likeness (QED) is 0.516. The van der Waals surface area contributed by atoms with Crippen molar-refractivity contribution in [2.75, 3.05) is 5.75 Å². The van der Waals surface area contributed by atoms with Gasteiger partial charge in [-0.1, -0.05) is 11.8 Å². The van der Waals surface area contributed by atoms with E-state index in [-0.39, 0.29) is 0 Å². The van der Waals surface area contributed by atoms with Gasteiger partial charge in [-0.25, -0.2) is 0 Å². The van der Waals surface area contributed by atoms with Gasteiger partial charge in [-0.2, -0.15) is 8.42 Å². The molecule has 0 aromatic rings. The highest BCUT2D eigenvalue weighted by Gasteiger charge is 2.26. The summed E-state index contributed by atoms with van der Waals surface area (Å²) >= 11 is 0. The lowest BCUT2D eigenvalue weighted by Crippen LogP contribution is -2.42. The maximum atomic E-state index is 11.3. The SMILES string of the molecule is C#CC(C)OS(=O)(=O)CC(C)(N)C#C. The van der Waals surface area contributed by atoms with Gasteiger partial charge in [-0.3, -0.25) is 4.18 Å². The fourth-order valence-electron chi connectivity index (χ4n) is 0.691. The molecular formula is C9H13NO3S. The number of terminal acetylenes is 2. The summed E-state index contributed by atoms with van der Waals surface area (Å²) in [6.45, 7) is 2.87. The predicted octanol–water partition coefficient (Wildman–Crippen LogP) is -0.295. The fraction of sp³-hybridized carbons (Fsp3) is 0.556. The van der Waals surface area contributed by atoms with Crippen LogP contribution in [0.25, 0.3) is 0 Å². The van der Waals surface area contributed by atoms with Crippen LogP contribution in [0.3, 0.4) is 0 Å². The molecule has 0 heterocycles. The lowest BCUT2D eigenvalue weighted by atomic mass is 10.1. The average molecular weight is 215 g/mol. The Bertz CT molecular complexity index is 370. The molecule has 2 atom stereocenters. The summed E-state index contributed by atoms with van der Waals surface area (Å²) in [5, 5.41) is 0. The second-order valence-electron chi connectivity index (χ2n) is 3.17. The van der Waals surface area contributed by atoms with Crippen molar-refractivity contribution in [1.29, 1.82) is 0 Å². The van der Waals surface area contributed by atoms with Crippen molar-refractivity contribution in [2.24, 2.45) is 5.73 Å². The summed E-state index contributed by atoms with van der Waals surface area (Å²) in [6, 6.07) is 0. The molecule has 0 amide bonds. The molecule has 0 rings (SSSR count). The van der Waals surface area contributed by atoms with E-state index in [2.05, 4.69) is 16.0 Å². The van der Waals surface area contributed by atoms with Gasteiger partial charge in [0, 0.05) is 0 Å².